The predicted octanol–water partition coefficient (Wildman–Crippen LogP) is 3.52. The third-order valence-electron chi connectivity index (χ3n) is 5.79. The first kappa shape index (κ1) is 23.3. The molecule has 0 aliphatic carbocycles. The summed E-state index contributed by atoms with van der Waals surface area (Å²) >= 11 is 0. The molecular weight excluding hydrogens is 410 g/mol. The van der Waals surface area contributed by atoms with Crippen LogP contribution in [0.5, 0.6) is 0 Å². The lowest BCUT2D eigenvalue weighted by Crippen LogP contribution is -2.35. The van der Waals surface area contributed by atoms with E-state index in [9.17, 15) is 13.2 Å². The Kier molecular flexibility index (Phi) is 7.73. The fourth-order valence-electron chi connectivity index (χ4n) is 3.82. The Hall–Kier alpha value is -2.38. The summed E-state index contributed by atoms with van der Waals surface area (Å²) in [7, 11) is 0.556. The lowest BCUT2D eigenvalue weighted by molar-refractivity contribution is -0.130. The fraction of sp³-hybridized carbons (Fsp3) is 0.458. The number of nitrogens with zero attached hydrogens (tertiary/aromatic N) is 3. The molecule has 1 amide bonds. The van der Waals surface area contributed by atoms with Crippen LogP contribution in [0.15, 0.2) is 53.4 Å². The van der Waals surface area contributed by atoms with Crippen molar-refractivity contribution in [2.24, 2.45) is 0 Å². The maximum atomic E-state index is 12.8. The van der Waals surface area contributed by atoms with Gasteiger partial charge in [-0.15, -0.1) is 0 Å². The topological polar surface area (TPSA) is 60.9 Å². The molecular formula is C24H33N3O3S. The first-order valence-electron chi connectivity index (χ1n) is 10.9. The van der Waals surface area contributed by atoms with Gasteiger partial charge in [-0.05, 0) is 55.2 Å². The second-order valence-corrected chi connectivity index (χ2v) is 10.2. The SMILES string of the molecule is CCN(Cc1ccc(N(C)C)cc1)C(=O)Cc1ccc(S(=O)(=O)N2CCCCC2)cc1. The molecule has 31 heavy (non-hydrogen) atoms. The van der Waals surface area contributed by atoms with Crippen molar-refractivity contribution < 1.29 is 13.2 Å². The number of carbonyl (C=O) groups excluding carboxylic acids is 1. The Morgan fingerprint density at radius 2 is 1.48 bits per heavy atom. The van der Waals surface area contributed by atoms with E-state index >= 15 is 0 Å². The van der Waals surface area contributed by atoms with Gasteiger partial charge in [0, 0.05) is 46.0 Å². The van der Waals surface area contributed by atoms with E-state index in [-0.39, 0.29) is 12.3 Å². The van der Waals surface area contributed by atoms with Gasteiger partial charge in [0.25, 0.3) is 0 Å². The summed E-state index contributed by atoms with van der Waals surface area (Å²) in [5.74, 6) is 0.0332. The number of piperidine rings is 1. The summed E-state index contributed by atoms with van der Waals surface area (Å²) in [5.41, 5.74) is 3.03. The standard InChI is InChI=1S/C24H33N3O3S/c1-4-26(19-21-8-12-22(13-9-21)25(2)3)24(28)18-20-10-14-23(15-11-20)31(29,30)27-16-6-5-7-17-27/h8-15H,4-7,16-19H2,1-3H3. The Labute approximate surface area is 186 Å². The molecule has 1 saturated heterocycles. The highest BCUT2D eigenvalue weighted by Gasteiger charge is 2.25. The largest absolute Gasteiger partial charge is 0.378 e. The molecule has 2 aromatic carbocycles. The number of hydrogen-bond acceptors (Lipinski definition) is 4. The molecule has 1 aliphatic rings. The molecule has 0 radical (unpaired) electrons. The number of benzene rings is 2. The Morgan fingerprint density at radius 1 is 0.903 bits per heavy atom. The Bertz CT molecular complexity index is 964. The molecule has 1 aliphatic heterocycles. The minimum atomic E-state index is -3.44. The van der Waals surface area contributed by atoms with Crippen molar-refractivity contribution in [2.45, 2.75) is 44.0 Å². The van der Waals surface area contributed by atoms with Crippen molar-refractivity contribution in [3.05, 3.63) is 59.7 Å². The van der Waals surface area contributed by atoms with Gasteiger partial charge in [0.1, 0.15) is 0 Å². The highest BCUT2D eigenvalue weighted by Crippen LogP contribution is 2.21. The van der Waals surface area contributed by atoms with Gasteiger partial charge in [-0.1, -0.05) is 30.7 Å². The van der Waals surface area contributed by atoms with Gasteiger partial charge in [-0.2, -0.15) is 4.31 Å². The molecule has 0 bridgehead atoms. The normalized spacial score (nSPS) is 14.9. The third-order valence-corrected chi connectivity index (χ3v) is 7.70. The lowest BCUT2D eigenvalue weighted by atomic mass is 10.1. The van der Waals surface area contributed by atoms with E-state index in [1.165, 1.54) is 0 Å². The molecule has 2 aromatic rings. The van der Waals surface area contributed by atoms with Crippen molar-refractivity contribution in [3.8, 4) is 0 Å². The summed E-state index contributed by atoms with van der Waals surface area (Å²) in [5, 5.41) is 0. The number of hydrogen-bond donors (Lipinski definition) is 0. The van der Waals surface area contributed by atoms with Crippen LogP contribution in [-0.4, -0.2) is 57.3 Å². The minimum absolute atomic E-state index is 0.0332. The van der Waals surface area contributed by atoms with E-state index in [0.29, 0.717) is 31.1 Å². The zero-order valence-corrected chi connectivity index (χ0v) is 19.6. The number of amides is 1. The van der Waals surface area contributed by atoms with Crippen LogP contribution in [0, 0.1) is 0 Å². The second-order valence-electron chi connectivity index (χ2n) is 8.25. The van der Waals surface area contributed by atoms with E-state index in [4.69, 9.17) is 0 Å². The van der Waals surface area contributed by atoms with Crippen LogP contribution in [0.2, 0.25) is 0 Å². The van der Waals surface area contributed by atoms with Gasteiger partial charge in [0.05, 0.1) is 11.3 Å². The van der Waals surface area contributed by atoms with E-state index < -0.39 is 10.0 Å². The first-order chi connectivity index (χ1) is 14.8. The van der Waals surface area contributed by atoms with Crippen molar-refractivity contribution in [3.63, 3.8) is 0 Å². The first-order valence-corrected chi connectivity index (χ1v) is 12.4. The average molecular weight is 444 g/mol. The van der Waals surface area contributed by atoms with E-state index in [2.05, 4.69) is 12.1 Å². The number of rotatable bonds is 8. The van der Waals surface area contributed by atoms with Gasteiger partial charge in [0.2, 0.25) is 15.9 Å². The molecule has 0 aromatic heterocycles. The molecule has 3 rings (SSSR count). The van der Waals surface area contributed by atoms with Crippen LogP contribution in [0.1, 0.15) is 37.3 Å². The molecule has 0 N–H and O–H groups in total. The third kappa shape index (κ3) is 5.86. The average Bonchev–Trinajstić information content (AvgIpc) is 2.78. The van der Waals surface area contributed by atoms with Gasteiger partial charge in [0.15, 0.2) is 0 Å². The van der Waals surface area contributed by atoms with E-state index in [1.807, 2.05) is 43.0 Å². The molecule has 0 atom stereocenters. The monoisotopic (exact) mass is 443 g/mol. The van der Waals surface area contributed by atoms with Crippen LogP contribution >= 0.6 is 0 Å². The van der Waals surface area contributed by atoms with Crippen molar-refractivity contribution in [1.82, 2.24) is 9.21 Å². The molecule has 168 valence electrons. The zero-order valence-electron chi connectivity index (χ0n) is 18.8. The molecule has 6 nitrogen and oxygen atoms in total. The minimum Gasteiger partial charge on any atom is -0.378 e. The number of likely N-dealkylation sites (N-methyl/N-ethyl adjacent to an activating group) is 1. The maximum Gasteiger partial charge on any atom is 0.243 e. The zero-order chi connectivity index (χ0) is 22.4. The maximum absolute atomic E-state index is 12.8. The van der Waals surface area contributed by atoms with E-state index in [0.717, 1.165) is 36.1 Å². The number of carbonyl (C=O) groups is 1. The Balaban J connectivity index is 1.63. The van der Waals surface area contributed by atoms with Gasteiger partial charge >= 0.3 is 0 Å². The summed E-state index contributed by atoms with van der Waals surface area (Å²) in [6.45, 7) is 4.33. The second kappa shape index (κ2) is 10.3. The highest BCUT2D eigenvalue weighted by molar-refractivity contribution is 7.89. The van der Waals surface area contributed by atoms with Crippen LogP contribution < -0.4 is 4.90 Å². The summed E-state index contributed by atoms with van der Waals surface area (Å²) < 4.78 is 27.2. The smallest absolute Gasteiger partial charge is 0.243 e. The van der Waals surface area contributed by atoms with Gasteiger partial charge < -0.3 is 9.80 Å². The predicted molar refractivity (Wildman–Crippen MR) is 125 cm³/mol. The highest BCUT2D eigenvalue weighted by atomic mass is 32.2. The van der Waals surface area contributed by atoms with Crippen molar-refractivity contribution >= 4 is 21.6 Å². The van der Waals surface area contributed by atoms with E-state index in [1.54, 1.807) is 28.6 Å². The molecule has 0 spiro atoms. The number of anilines is 1. The van der Waals surface area contributed by atoms with Crippen LogP contribution in [0.25, 0.3) is 0 Å². The molecule has 1 heterocycles. The van der Waals surface area contributed by atoms with Crippen molar-refractivity contribution in [2.75, 3.05) is 38.6 Å². The van der Waals surface area contributed by atoms with Crippen LogP contribution in [-0.2, 0) is 27.8 Å². The van der Waals surface area contributed by atoms with Gasteiger partial charge in [-0.3, -0.25) is 4.79 Å². The van der Waals surface area contributed by atoms with Crippen LogP contribution in [0.3, 0.4) is 0 Å². The molecule has 1 fully saturated rings. The molecule has 0 saturated carbocycles. The molecule has 0 unspecified atom stereocenters. The van der Waals surface area contributed by atoms with Crippen molar-refractivity contribution in [1.29, 1.82) is 0 Å². The summed E-state index contributed by atoms with van der Waals surface area (Å²) in [6, 6.07) is 15.0. The van der Waals surface area contributed by atoms with Gasteiger partial charge in [-0.25, -0.2) is 8.42 Å². The quantitative estimate of drug-likeness (QED) is 0.626. The van der Waals surface area contributed by atoms with Crippen LogP contribution in [0.4, 0.5) is 5.69 Å². The summed E-state index contributed by atoms with van der Waals surface area (Å²) in [4.78, 5) is 17.0. The molecule has 7 heteroatoms. The summed E-state index contributed by atoms with van der Waals surface area (Å²) in [6.07, 6.45) is 3.17. The number of sulfonamides is 1. The Morgan fingerprint density at radius 3 is 2.03 bits per heavy atom. The lowest BCUT2D eigenvalue weighted by Gasteiger charge is -2.26. The fourth-order valence-corrected chi connectivity index (χ4v) is 5.33.